The second kappa shape index (κ2) is 24.3. The summed E-state index contributed by atoms with van der Waals surface area (Å²) in [6, 6.07) is 6.54. The Balaban J connectivity index is 1.92. The highest BCUT2D eigenvalue weighted by molar-refractivity contribution is 7.91. The van der Waals surface area contributed by atoms with Gasteiger partial charge in [-0.2, -0.15) is 0 Å². The Kier molecular flexibility index (Phi) is 22.0. The first-order valence-corrected chi connectivity index (χ1v) is 16.7. The Morgan fingerprint density at radius 3 is 1.61 bits per heavy atom. The Bertz CT molecular complexity index is 715. The van der Waals surface area contributed by atoms with E-state index in [-0.39, 0.29) is 18.6 Å². The van der Waals surface area contributed by atoms with Crippen LogP contribution in [0.3, 0.4) is 0 Å². The van der Waals surface area contributed by atoms with Crippen LogP contribution in [0.5, 0.6) is 0 Å². The quantitative estimate of drug-likeness (QED) is 0.0696. The molecule has 0 bridgehead atoms. The average molecular weight is 550 g/mol. The first-order chi connectivity index (χ1) is 18.6. The molecule has 1 unspecified atom stereocenters. The van der Waals surface area contributed by atoms with Gasteiger partial charge in [0.2, 0.25) is 0 Å². The zero-order valence-corrected chi connectivity index (χ0v) is 25.1. The van der Waals surface area contributed by atoms with Crippen molar-refractivity contribution in [1.82, 2.24) is 16.0 Å². The van der Waals surface area contributed by atoms with Gasteiger partial charge >= 0.3 is 6.03 Å². The van der Waals surface area contributed by atoms with Crippen LogP contribution in [0.4, 0.5) is 4.79 Å². The van der Waals surface area contributed by atoms with Crippen LogP contribution < -0.4 is 16.0 Å². The molecule has 0 aliphatic heterocycles. The van der Waals surface area contributed by atoms with Crippen LogP contribution in [0.25, 0.3) is 0 Å². The molecular formula is C31H55N3O3S. The van der Waals surface area contributed by atoms with Gasteiger partial charge in [-0.3, -0.25) is 4.79 Å². The fraction of sp³-hybridized carbons (Fsp3) is 0.742. The molecule has 1 aromatic carbocycles. The van der Waals surface area contributed by atoms with E-state index in [9.17, 15) is 14.1 Å². The molecule has 0 aliphatic carbocycles. The van der Waals surface area contributed by atoms with E-state index < -0.39 is 11.2 Å². The number of hydrogen-bond acceptors (Lipinski definition) is 3. The maximum atomic E-state index is 12.2. The number of benzene rings is 1. The largest absolute Gasteiger partial charge is 0.611 e. The maximum Gasteiger partial charge on any atom is 0.316 e. The maximum absolute atomic E-state index is 12.2. The van der Waals surface area contributed by atoms with E-state index in [1.54, 1.807) is 24.3 Å². The van der Waals surface area contributed by atoms with Crippen molar-refractivity contribution in [1.29, 1.82) is 0 Å². The molecule has 1 aromatic rings. The van der Waals surface area contributed by atoms with Crippen LogP contribution in [-0.2, 0) is 11.2 Å². The monoisotopic (exact) mass is 549 g/mol. The summed E-state index contributed by atoms with van der Waals surface area (Å²) in [6.07, 6.45) is 23.2. The van der Waals surface area contributed by atoms with E-state index in [1.807, 2.05) is 0 Å². The summed E-state index contributed by atoms with van der Waals surface area (Å²) >= 11 is -1.02. The van der Waals surface area contributed by atoms with Crippen molar-refractivity contribution >= 4 is 23.1 Å². The number of carbonyl (C=O) groups excluding carboxylic acids is 2. The molecule has 1 atom stereocenters. The minimum absolute atomic E-state index is 0.0633. The molecule has 218 valence electrons. The van der Waals surface area contributed by atoms with Crippen LogP contribution in [0.2, 0.25) is 0 Å². The lowest BCUT2D eigenvalue weighted by Crippen LogP contribution is -2.42. The normalized spacial score (nSPS) is 11.8. The minimum atomic E-state index is -1.02. The number of urea groups is 1. The van der Waals surface area contributed by atoms with Crippen molar-refractivity contribution in [2.45, 2.75) is 134 Å². The average Bonchev–Trinajstić information content (AvgIpc) is 2.93. The highest BCUT2D eigenvalue weighted by Gasteiger charge is 2.12. The first kappa shape index (κ1) is 34.3. The van der Waals surface area contributed by atoms with Crippen molar-refractivity contribution in [3.8, 4) is 0 Å². The Labute approximate surface area is 236 Å². The van der Waals surface area contributed by atoms with Gasteiger partial charge in [0.05, 0.1) is 6.67 Å². The Morgan fingerprint density at radius 1 is 0.632 bits per heavy atom. The fourth-order valence-electron chi connectivity index (χ4n) is 4.40. The molecule has 3 N–H and O–H groups in total. The highest BCUT2D eigenvalue weighted by Crippen LogP contribution is 2.15. The van der Waals surface area contributed by atoms with E-state index in [1.165, 1.54) is 89.9 Å². The molecule has 0 aromatic heterocycles. The summed E-state index contributed by atoms with van der Waals surface area (Å²) in [7, 11) is 0. The highest BCUT2D eigenvalue weighted by atomic mass is 32.2. The molecule has 0 radical (unpaired) electrons. The van der Waals surface area contributed by atoms with E-state index in [0.29, 0.717) is 17.9 Å². The number of nitrogens with one attached hydrogen (secondary N) is 3. The standard InChI is InChI=1S/C31H55N3O3S/c1-3-5-7-8-9-10-11-12-13-14-15-16-17-18-19-20-25-32-31(36)34-27-33-30(35)28-21-23-29(24-22-28)38(37)26-6-4-2/h21-24H,3-20,25-27H2,1-2H3,(H,33,35)(H2,32,34,36). The molecule has 38 heavy (non-hydrogen) atoms. The summed E-state index contributed by atoms with van der Waals surface area (Å²) in [4.78, 5) is 24.9. The van der Waals surface area contributed by atoms with E-state index in [0.717, 1.165) is 30.6 Å². The predicted octanol–water partition coefficient (Wildman–Crippen LogP) is 7.84. The van der Waals surface area contributed by atoms with Gasteiger partial charge in [-0.25, -0.2) is 4.79 Å². The summed E-state index contributed by atoms with van der Waals surface area (Å²) in [6.45, 7) is 5.05. The van der Waals surface area contributed by atoms with E-state index >= 15 is 0 Å². The first-order valence-electron chi connectivity index (χ1n) is 15.4. The summed E-state index contributed by atoms with van der Waals surface area (Å²) in [5.41, 5.74) is 0.483. The second-order valence-corrected chi connectivity index (χ2v) is 11.9. The third kappa shape index (κ3) is 18.5. The van der Waals surface area contributed by atoms with Crippen molar-refractivity contribution in [3.05, 3.63) is 29.8 Å². The van der Waals surface area contributed by atoms with Gasteiger partial charge < -0.3 is 20.5 Å². The van der Waals surface area contributed by atoms with Gasteiger partial charge in [-0.1, -0.05) is 117 Å². The molecule has 3 amide bonds. The van der Waals surface area contributed by atoms with Gasteiger partial charge in [-0.15, -0.1) is 0 Å². The van der Waals surface area contributed by atoms with Crippen LogP contribution in [0.15, 0.2) is 29.2 Å². The Morgan fingerprint density at radius 2 is 1.11 bits per heavy atom. The fourth-order valence-corrected chi connectivity index (χ4v) is 5.62. The van der Waals surface area contributed by atoms with Crippen LogP contribution in [-0.4, -0.2) is 35.5 Å². The summed E-state index contributed by atoms with van der Waals surface area (Å²) in [5, 5.41) is 8.19. The minimum Gasteiger partial charge on any atom is -0.611 e. The number of amides is 3. The van der Waals surface area contributed by atoms with Crippen LogP contribution in [0, 0.1) is 0 Å². The zero-order chi connectivity index (χ0) is 27.7. The van der Waals surface area contributed by atoms with Gasteiger partial charge in [0.1, 0.15) is 5.75 Å². The number of unbranched alkanes of at least 4 members (excludes halogenated alkanes) is 16. The predicted molar refractivity (Wildman–Crippen MR) is 161 cm³/mol. The molecule has 0 saturated heterocycles. The lowest BCUT2D eigenvalue weighted by atomic mass is 10.0. The van der Waals surface area contributed by atoms with Crippen molar-refractivity contribution < 1.29 is 14.1 Å². The SMILES string of the molecule is CCCCCCCCCCCCCCCCCCNC(=O)NCNC(=O)c1ccc([S+]([O-])CCCC)cc1. The topological polar surface area (TPSA) is 93.3 Å². The third-order valence-electron chi connectivity index (χ3n) is 6.88. The molecule has 1 rings (SSSR count). The van der Waals surface area contributed by atoms with E-state index in [2.05, 4.69) is 29.8 Å². The number of carbonyl (C=O) groups is 2. The van der Waals surface area contributed by atoms with Gasteiger partial charge in [0.25, 0.3) is 5.91 Å². The molecule has 7 heteroatoms. The number of hydrogen-bond donors (Lipinski definition) is 3. The molecular weight excluding hydrogens is 494 g/mol. The lowest BCUT2D eigenvalue weighted by Gasteiger charge is -2.11. The second-order valence-electron chi connectivity index (χ2n) is 10.3. The molecule has 0 spiro atoms. The van der Waals surface area contributed by atoms with Crippen molar-refractivity contribution in [3.63, 3.8) is 0 Å². The van der Waals surface area contributed by atoms with E-state index in [4.69, 9.17) is 0 Å². The van der Waals surface area contributed by atoms with Crippen LogP contribution >= 0.6 is 0 Å². The Hall–Kier alpha value is -1.73. The van der Waals surface area contributed by atoms with Crippen molar-refractivity contribution in [2.75, 3.05) is 19.0 Å². The van der Waals surface area contributed by atoms with Gasteiger partial charge in [0, 0.05) is 12.1 Å². The molecule has 0 fully saturated rings. The van der Waals surface area contributed by atoms with Crippen LogP contribution in [0.1, 0.15) is 140 Å². The lowest BCUT2D eigenvalue weighted by molar-refractivity contribution is 0.0952. The third-order valence-corrected chi connectivity index (χ3v) is 8.33. The number of rotatable bonds is 24. The molecule has 0 heterocycles. The smallest absolute Gasteiger partial charge is 0.316 e. The molecule has 0 saturated carbocycles. The molecule has 6 nitrogen and oxygen atoms in total. The van der Waals surface area contributed by atoms with Gasteiger partial charge in [0.15, 0.2) is 4.90 Å². The van der Waals surface area contributed by atoms with Crippen molar-refractivity contribution in [2.24, 2.45) is 0 Å². The molecule has 0 aliphatic rings. The summed E-state index contributed by atoms with van der Waals surface area (Å²) < 4.78 is 12.2. The summed E-state index contributed by atoms with van der Waals surface area (Å²) in [5.74, 6) is 0.370. The van der Waals surface area contributed by atoms with Gasteiger partial charge in [-0.05, 0) is 48.3 Å². The zero-order valence-electron chi connectivity index (χ0n) is 24.3.